The topological polar surface area (TPSA) is 79.3 Å². The molecule has 1 amide bonds. The number of amides is 1. The lowest BCUT2D eigenvalue weighted by molar-refractivity contribution is -0.120. The van der Waals surface area contributed by atoms with Crippen molar-refractivity contribution in [1.29, 1.82) is 0 Å². The van der Waals surface area contributed by atoms with E-state index >= 15 is 0 Å². The Morgan fingerprint density at radius 3 is 2.96 bits per heavy atom. The van der Waals surface area contributed by atoms with Crippen molar-refractivity contribution < 1.29 is 4.79 Å². The second-order valence-corrected chi connectivity index (χ2v) is 6.66. The minimum atomic E-state index is -0.194. The highest BCUT2D eigenvalue weighted by molar-refractivity contribution is 5.79. The molecule has 0 aliphatic heterocycles. The second kappa shape index (κ2) is 5.88. The molecule has 0 saturated heterocycles. The number of aryl methyl sites for hydroxylation is 2. The maximum Gasteiger partial charge on any atom is 0.266 e. The van der Waals surface area contributed by atoms with Gasteiger partial charge < -0.3 is 5.32 Å². The van der Waals surface area contributed by atoms with E-state index in [0.717, 1.165) is 23.4 Å². The van der Waals surface area contributed by atoms with Gasteiger partial charge in [0, 0.05) is 35.5 Å². The first-order chi connectivity index (χ1) is 12.0. The lowest BCUT2D eigenvalue weighted by Crippen LogP contribution is -2.34. The molecule has 2 aromatic heterocycles. The van der Waals surface area contributed by atoms with Crippen LogP contribution in [0.25, 0.3) is 5.65 Å². The van der Waals surface area contributed by atoms with E-state index in [1.165, 1.54) is 17.2 Å². The number of hydrogen-bond acceptors (Lipinski definition) is 3. The van der Waals surface area contributed by atoms with Gasteiger partial charge in [-0.25, -0.2) is 9.50 Å². The third-order valence-electron chi connectivity index (χ3n) is 5.05. The molecule has 6 heteroatoms. The van der Waals surface area contributed by atoms with Crippen LogP contribution in [-0.4, -0.2) is 27.0 Å². The van der Waals surface area contributed by atoms with Crippen LogP contribution in [0.3, 0.4) is 0 Å². The first-order valence-corrected chi connectivity index (χ1v) is 8.45. The molecule has 1 aliphatic carbocycles. The number of hydrogen-bond donors (Lipinski definition) is 2. The van der Waals surface area contributed by atoms with Crippen LogP contribution in [0.5, 0.6) is 0 Å². The zero-order valence-electron chi connectivity index (χ0n) is 14.3. The molecule has 0 saturated carbocycles. The maximum absolute atomic E-state index is 12.4. The summed E-state index contributed by atoms with van der Waals surface area (Å²) in [5, 5.41) is 5.75. The van der Waals surface area contributed by atoms with E-state index in [2.05, 4.69) is 27.5 Å². The molecule has 1 aromatic carbocycles. The van der Waals surface area contributed by atoms with E-state index in [1.54, 1.807) is 4.52 Å². The van der Waals surface area contributed by atoms with Gasteiger partial charge in [-0.2, -0.15) is 0 Å². The second-order valence-electron chi connectivity index (χ2n) is 6.66. The summed E-state index contributed by atoms with van der Waals surface area (Å²) >= 11 is 0. The number of carbonyl (C=O) groups is 1. The van der Waals surface area contributed by atoms with Gasteiger partial charge in [-0.05, 0) is 31.4 Å². The van der Waals surface area contributed by atoms with Gasteiger partial charge in [0.25, 0.3) is 5.56 Å². The first-order valence-electron chi connectivity index (χ1n) is 8.45. The number of H-pyrrole nitrogens is 1. The molecule has 25 heavy (non-hydrogen) atoms. The van der Waals surface area contributed by atoms with Crippen LogP contribution in [0.2, 0.25) is 0 Å². The predicted molar refractivity (Wildman–Crippen MR) is 94.9 cm³/mol. The van der Waals surface area contributed by atoms with Crippen molar-refractivity contribution >= 4 is 11.6 Å². The molecule has 0 fully saturated rings. The lowest BCUT2D eigenvalue weighted by Gasteiger charge is -2.30. The molecule has 2 N–H and O–H groups in total. The summed E-state index contributed by atoms with van der Waals surface area (Å²) < 4.78 is 1.64. The monoisotopic (exact) mass is 336 g/mol. The zero-order valence-corrected chi connectivity index (χ0v) is 14.3. The van der Waals surface area contributed by atoms with Crippen molar-refractivity contribution in [1.82, 2.24) is 19.9 Å². The molecule has 1 aliphatic rings. The highest BCUT2D eigenvalue weighted by Gasteiger charge is 2.25. The Hall–Kier alpha value is -2.89. The molecule has 2 heterocycles. The highest BCUT2D eigenvalue weighted by Crippen LogP contribution is 2.33. The maximum atomic E-state index is 12.4. The number of aromatic nitrogens is 3. The van der Waals surface area contributed by atoms with E-state index in [1.807, 2.05) is 26.0 Å². The first kappa shape index (κ1) is 15.6. The van der Waals surface area contributed by atoms with E-state index in [0.29, 0.717) is 18.1 Å². The average molecular weight is 336 g/mol. The quantitative estimate of drug-likeness (QED) is 0.760. The van der Waals surface area contributed by atoms with Crippen molar-refractivity contribution in [3.05, 3.63) is 68.8 Å². The van der Waals surface area contributed by atoms with E-state index in [4.69, 9.17) is 0 Å². The molecule has 4 rings (SSSR count). The molecular weight excluding hydrogens is 316 g/mol. The number of benzene rings is 1. The Labute approximate surface area is 144 Å². The Morgan fingerprint density at radius 1 is 1.36 bits per heavy atom. The minimum Gasteiger partial charge on any atom is -0.355 e. The SMILES string of the molecule is Cc1nc2cc(=O)[nH]n2c(C)c1CC(=O)NC[C@@H]1Cc2ccccc21. The van der Waals surface area contributed by atoms with Crippen LogP contribution in [0.1, 0.15) is 34.0 Å². The fourth-order valence-electron chi connectivity index (χ4n) is 3.62. The van der Waals surface area contributed by atoms with Crippen molar-refractivity contribution in [3.63, 3.8) is 0 Å². The van der Waals surface area contributed by atoms with Crippen molar-refractivity contribution in [2.75, 3.05) is 6.54 Å². The van der Waals surface area contributed by atoms with Gasteiger partial charge in [-0.15, -0.1) is 0 Å². The molecule has 0 unspecified atom stereocenters. The average Bonchev–Trinajstić information content (AvgIpc) is 2.93. The van der Waals surface area contributed by atoms with E-state index in [-0.39, 0.29) is 17.9 Å². The van der Waals surface area contributed by atoms with Gasteiger partial charge in [0.2, 0.25) is 5.91 Å². The Balaban J connectivity index is 1.46. The normalized spacial score (nSPS) is 15.7. The van der Waals surface area contributed by atoms with Gasteiger partial charge in [0.05, 0.1) is 6.42 Å². The summed E-state index contributed by atoms with van der Waals surface area (Å²) in [6.07, 6.45) is 1.28. The summed E-state index contributed by atoms with van der Waals surface area (Å²) in [4.78, 5) is 28.3. The third kappa shape index (κ3) is 2.73. The molecule has 0 radical (unpaired) electrons. The predicted octanol–water partition coefficient (Wildman–Crippen LogP) is 1.64. The summed E-state index contributed by atoms with van der Waals surface area (Å²) in [6, 6.07) is 9.81. The van der Waals surface area contributed by atoms with Crippen molar-refractivity contribution in [2.45, 2.75) is 32.6 Å². The van der Waals surface area contributed by atoms with Crippen molar-refractivity contribution in [2.24, 2.45) is 0 Å². The van der Waals surface area contributed by atoms with Crippen LogP contribution >= 0.6 is 0 Å². The number of rotatable bonds is 4. The molecule has 6 nitrogen and oxygen atoms in total. The van der Waals surface area contributed by atoms with Crippen LogP contribution in [0.15, 0.2) is 35.1 Å². The molecule has 128 valence electrons. The fraction of sp³-hybridized carbons (Fsp3) is 0.316. The van der Waals surface area contributed by atoms with E-state index in [9.17, 15) is 9.59 Å². The van der Waals surface area contributed by atoms with Gasteiger partial charge in [0.1, 0.15) is 0 Å². The molecule has 3 aromatic rings. The molecular formula is C19H20N4O2. The lowest BCUT2D eigenvalue weighted by atomic mass is 9.77. The minimum absolute atomic E-state index is 0.0220. The van der Waals surface area contributed by atoms with Crippen LogP contribution in [-0.2, 0) is 17.6 Å². The Kier molecular flexibility index (Phi) is 3.67. The zero-order chi connectivity index (χ0) is 17.6. The van der Waals surface area contributed by atoms with E-state index < -0.39 is 0 Å². The molecule has 1 atom stereocenters. The standard InChI is InChI=1S/C19H20N4O2/c1-11-16(12(2)23-17(21-11)9-19(25)22-23)8-18(24)20-10-14-7-13-5-3-4-6-15(13)14/h3-6,9,14H,7-8,10H2,1-2H3,(H,20,24)(H,22,25)/t14-/m0/s1. The summed E-state index contributed by atoms with van der Waals surface area (Å²) in [6.45, 7) is 4.42. The van der Waals surface area contributed by atoms with Crippen molar-refractivity contribution in [3.8, 4) is 0 Å². The Morgan fingerprint density at radius 2 is 2.16 bits per heavy atom. The van der Waals surface area contributed by atoms with Crippen LogP contribution < -0.4 is 10.9 Å². The number of aromatic amines is 1. The summed E-state index contributed by atoms with van der Waals surface area (Å²) in [5.41, 5.74) is 5.57. The third-order valence-corrected chi connectivity index (χ3v) is 5.05. The largest absolute Gasteiger partial charge is 0.355 e. The Bertz CT molecular complexity index is 1030. The van der Waals surface area contributed by atoms with Crippen LogP contribution in [0.4, 0.5) is 0 Å². The van der Waals surface area contributed by atoms with Crippen LogP contribution in [0, 0.1) is 13.8 Å². The molecule has 0 spiro atoms. The highest BCUT2D eigenvalue weighted by atomic mass is 16.1. The van der Waals surface area contributed by atoms with Gasteiger partial charge in [-0.3, -0.25) is 14.7 Å². The van der Waals surface area contributed by atoms with Gasteiger partial charge >= 0.3 is 0 Å². The smallest absolute Gasteiger partial charge is 0.266 e. The number of nitrogens with one attached hydrogen (secondary N) is 2. The van der Waals surface area contributed by atoms with Gasteiger partial charge in [0.15, 0.2) is 5.65 Å². The number of nitrogens with zero attached hydrogens (tertiary/aromatic N) is 2. The van der Waals surface area contributed by atoms with Gasteiger partial charge in [-0.1, -0.05) is 24.3 Å². The fourth-order valence-corrected chi connectivity index (χ4v) is 3.62. The molecule has 0 bridgehead atoms. The summed E-state index contributed by atoms with van der Waals surface area (Å²) in [5.74, 6) is 0.384. The number of carbonyl (C=O) groups excluding carboxylic acids is 1. The summed E-state index contributed by atoms with van der Waals surface area (Å²) in [7, 11) is 0. The number of fused-ring (bicyclic) bond motifs is 2.